The number of aromatic amines is 1. The Morgan fingerprint density at radius 2 is 1.53 bits per heavy atom. The highest BCUT2D eigenvalue weighted by Crippen LogP contribution is 2.31. The normalized spacial score (nSPS) is 15.9. The third-order valence-electron chi connectivity index (χ3n) is 7.77. The van der Waals surface area contributed by atoms with E-state index in [1.807, 2.05) is 0 Å². The van der Waals surface area contributed by atoms with Crippen molar-refractivity contribution in [3.05, 3.63) is 89.5 Å². The highest BCUT2D eigenvalue weighted by atomic mass is 32.2. The Labute approximate surface area is 249 Å². The molecule has 2 N–H and O–H groups in total. The van der Waals surface area contributed by atoms with E-state index in [9.17, 15) is 25.6 Å². The fraction of sp³-hybridized carbons (Fsp3) is 0.345. The molecule has 1 aromatic heterocycles. The Balaban J connectivity index is 1.17. The molecule has 1 aliphatic heterocycles. The predicted octanol–water partition coefficient (Wildman–Crippen LogP) is 3.76. The monoisotopic (exact) mass is 630 g/mol. The molecule has 2 heterocycles. The molecule has 0 amide bonds. The molecule has 1 atom stereocenters. The second-order valence-electron chi connectivity index (χ2n) is 10.8. The highest BCUT2D eigenvalue weighted by Gasteiger charge is 2.24. The molecule has 0 spiro atoms. The van der Waals surface area contributed by atoms with Gasteiger partial charge < -0.3 is 4.90 Å². The number of benzene rings is 3. The van der Waals surface area contributed by atoms with Crippen LogP contribution in [0, 0.1) is 17.6 Å². The zero-order valence-corrected chi connectivity index (χ0v) is 25.1. The first-order valence-electron chi connectivity index (χ1n) is 13.8. The molecule has 10 nitrogen and oxygen atoms in total. The summed E-state index contributed by atoms with van der Waals surface area (Å²) in [5.41, 5.74) is 1.90. The minimum atomic E-state index is -3.69. The molecular weight excluding hydrogens is 598 g/mol. The van der Waals surface area contributed by atoms with Crippen LogP contribution in [-0.4, -0.2) is 74.8 Å². The number of halogens is 2. The van der Waals surface area contributed by atoms with Gasteiger partial charge in [0, 0.05) is 30.3 Å². The number of nitrogens with zero attached hydrogens (tertiary/aromatic N) is 4. The van der Waals surface area contributed by atoms with Gasteiger partial charge in [0.15, 0.2) is 9.84 Å². The number of tetrazole rings is 1. The van der Waals surface area contributed by atoms with Gasteiger partial charge in [-0.1, -0.05) is 12.1 Å². The number of rotatable bonds is 11. The summed E-state index contributed by atoms with van der Waals surface area (Å²) in [5, 5.41) is 13.6. The molecule has 14 heteroatoms. The van der Waals surface area contributed by atoms with E-state index in [1.165, 1.54) is 36.4 Å². The zero-order chi connectivity index (χ0) is 30.6. The molecule has 3 aromatic carbocycles. The first-order valence-corrected chi connectivity index (χ1v) is 17.2. The van der Waals surface area contributed by atoms with Gasteiger partial charge in [-0.3, -0.25) is 0 Å². The van der Waals surface area contributed by atoms with Crippen molar-refractivity contribution in [2.24, 2.45) is 5.92 Å². The lowest BCUT2D eigenvalue weighted by molar-refractivity contribution is 0.182. The largest absolute Gasteiger partial charge is 0.303 e. The number of aromatic nitrogens is 4. The quantitative estimate of drug-likeness (QED) is 0.256. The van der Waals surface area contributed by atoms with Crippen LogP contribution in [-0.2, 0) is 19.9 Å². The molecule has 0 bridgehead atoms. The van der Waals surface area contributed by atoms with Crippen LogP contribution in [0.3, 0.4) is 0 Å². The Kier molecular flexibility index (Phi) is 9.30. The van der Waals surface area contributed by atoms with Crippen LogP contribution in [0.25, 0.3) is 11.4 Å². The summed E-state index contributed by atoms with van der Waals surface area (Å²) in [4.78, 5) is 2.59. The standard InChI is InChI=1S/C29H32F2N6O4S2/c1-42(38,39)26-6-2-21(3-7-26)28(23-16-24(30)18-25(31)17-23)12-15-37-13-10-20(11-14-37)19-32-43(40,41)27-8-4-22(5-9-27)29-33-35-36-34-29/h2-9,16-18,20,28,32H,10-15,19H2,1H3,(H,33,34,35,36). The SMILES string of the molecule is CS(=O)(=O)c1ccc(C(CCN2CCC(CNS(=O)(=O)c3ccc(-c4nn[nH]n4)cc3)CC2)c2cc(F)cc(F)c2)cc1. The molecule has 1 aliphatic rings. The predicted molar refractivity (Wildman–Crippen MR) is 156 cm³/mol. The van der Waals surface area contributed by atoms with E-state index >= 15 is 0 Å². The van der Waals surface area contributed by atoms with Crippen LogP contribution in [0.4, 0.5) is 8.78 Å². The first-order chi connectivity index (χ1) is 20.5. The van der Waals surface area contributed by atoms with E-state index in [0.717, 1.165) is 43.8 Å². The molecule has 0 saturated carbocycles. The Morgan fingerprint density at radius 1 is 0.907 bits per heavy atom. The van der Waals surface area contributed by atoms with Crippen molar-refractivity contribution < 1.29 is 25.6 Å². The summed E-state index contributed by atoms with van der Waals surface area (Å²) in [6.07, 6.45) is 3.29. The van der Waals surface area contributed by atoms with Gasteiger partial charge in [-0.2, -0.15) is 5.21 Å². The minimum absolute atomic E-state index is 0.154. The molecule has 0 radical (unpaired) electrons. The fourth-order valence-electron chi connectivity index (χ4n) is 5.35. The summed E-state index contributed by atoms with van der Waals surface area (Å²) >= 11 is 0. The second-order valence-corrected chi connectivity index (χ2v) is 14.6. The smallest absolute Gasteiger partial charge is 0.240 e. The van der Waals surface area contributed by atoms with Gasteiger partial charge in [0.1, 0.15) is 11.6 Å². The van der Waals surface area contributed by atoms with E-state index in [-0.39, 0.29) is 21.6 Å². The van der Waals surface area contributed by atoms with Crippen molar-refractivity contribution in [3.63, 3.8) is 0 Å². The van der Waals surface area contributed by atoms with E-state index in [0.29, 0.717) is 36.5 Å². The number of nitrogens with one attached hydrogen (secondary N) is 2. The number of hydrogen-bond acceptors (Lipinski definition) is 8. The van der Waals surface area contributed by atoms with Gasteiger partial charge in [-0.05, 0) is 110 Å². The third-order valence-corrected chi connectivity index (χ3v) is 10.3. The summed E-state index contributed by atoms with van der Waals surface area (Å²) < 4.78 is 80.5. The lowest BCUT2D eigenvalue weighted by Gasteiger charge is -2.33. The van der Waals surface area contributed by atoms with Crippen molar-refractivity contribution >= 4 is 19.9 Å². The van der Waals surface area contributed by atoms with Crippen molar-refractivity contribution in [2.45, 2.75) is 35.0 Å². The van der Waals surface area contributed by atoms with Crippen LogP contribution < -0.4 is 4.72 Å². The van der Waals surface area contributed by atoms with Crippen molar-refractivity contribution in [1.82, 2.24) is 30.2 Å². The number of hydrogen-bond donors (Lipinski definition) is 2. The Hall–Kier alpha value is -3.59. The van der Waals surface area contributed by atoms with Crippen LogP contribution in [0.5, 0.6) is 0 Å². The summed E-state index contributed by atoms with van der Waals surface area (Å²) in [7, 11) is -7.06. The number of likely N-dealkylation sites (tertiary alicyclic amines) is 1. The summed E-state index contributed by atoms with van der Waals surface area (Å²) in [6, 6.07) is 16.2. The van der Waals surface area contributed by atoms with Crippen LogP contribution >= 0.6 is 0 Å². The number of piperidine rings is 1. The van der Waals surface area contributed by atoms with Gasteiger partial charge in [0.2, 0.25) is 15.8 Å². The highest BCUT2D eigenvalue weighted by molar-refractivity contribution is 7.90. The van der Waals surface area contributed by atoms with Crippen LogP contribution in [0.1, 0.15) is 36.3 Å². The molecule has 228 valence electrons. The molecule has 4 aromatic rings. The van der Waals surface area contributed by atoms with E-state index in [4.69, 9.17) is 0 Å². The maximum Gasteiger partial charge on any atom is 0.240 e. The minimum Gasteiger partial charge on any atom is -0.303 e. The maximum absolute atomic E-state index is 14.1. The zero-order valence-electron chi connectivity index (χ0n) is 23.4. The lowest BCUT2D eigenvalue weighted by atomic mass is 9.87. The maximum atomic E-state index is 14.1. The number of sulfonamides is 1. The molecular formula is C29H32F2N6O4S2. The molecule has 1 fully saturated rings. The van der Waals surface area contributed by atoms with Gasteiger partial charge in [0.25, 0.3) is 0 Å². The van der Waals surface area contributed by atoms with Crippen molar-refractivity contribution in [3.8, 4) is 11.4 Å². The summed E-state index contributed by atoms with van der Waals surface area (Å²) in [5.74, 6) is -1.13. The molecule has 1 unspecified atom stereocenters. The average molecular weight is 631 g/mol. The van der Waals surface area contributed by atoms with Crippen LogP contribution in [0.15, 0.2) is 76.5 Å². The van der Waals surface area contributed by atoms with Gasteiger partial charge in [-0.25, -0.2) is 30.3 Å². The van der Waals surface area contributed by atoms with Gasteiger partial charge in [-0.15, -0.1) is 10.2 Å². The number of sulfone groups is 1. The summed E-state index contributed by atoms with van der Waals surface area (Å²) in [6.45, 7) is 2.48. The number of H-pyrrole nitrogens is 1. The second kappa shape index (κ2) is 13.0. The van der Waals surface area contributed by atoms with Crippen molar-refractivity contribution in [2.75, 3.05) is 32.4 Å². The molecule has 0 aliphatic carbocycles. The van der Waals surface area contributed by atoms with Crippen LogP contribution in [0.2, 0.25) is 0 Å². The third kappa shape index (κ3) is 7.88. The van der Waals surface area contributed by atoms with Gasteiger partial charge in [0.05, 0.1) is 9.79 Å². The molecule has 5 rings (SSSR count). The van der Waals surface area contributed by atoms with Gasteiger partial charge >= 0.3 is 0 Å². The Morgan fingerprint density at radius 3 is 2.12 bits per heavy atom. The Bertz CT molecular complexity index is 1720. The van der Waals surface area contributed by atoms with Crippen molar-refractivity contribution in [1.29, 1.82) is 0 Å². The molecule has 1 saturated heterocycles. The topological polar surface area (TPSA) is 138 Å². The van der Waals surface area contributed by atoms with E-state index < -0.39 is 31.5 Å². The lowest BCUT2D eigenvalue weighted by Crippen LogP contribution is -2.39. The first kappa shape index (κ1) is 30.9. The fourth-order valence-corrected chi connectivity index (χ4v) is 7.10. The van der Waals surface area contributed by atoms with E-state index in [2.05, 4.69) is 30.2 Å². The average Bonchev–Trinajstić information content (AvgIpc) is 3.52. The van der Waals surface area contributed by atoms with E-state index in [1.54, 1.807) is 24.3 Å². The molecule has 43 heavy (non-hydrogen) atoms.